The van der Waals surface area contributed by atoms with Gasteiger partial charge in [0.15, 0.2) is 0 Å². The highest BCUT2D eigenvalue weighted by Gasteiger charge is 2.22. The van der Waals surface area contributed by atoms with E-state index in [2.05, 4.69) is 0 Å². The lowest BCUT2D eigenvalue weighted by Gasteiger charge is -2.20. The summed E-state index contributed by atoms with van der Waals surface area (Å²) in [5.74, 6) is 0. The molecule has 0 radical (unpaired) electrons. The summed E-state index contributed by atoms with van der Waals surface area (Å²) < 4.78 is 12.6. The Morgan fingerprint density at radius 3 is 2.21 bits per heavy atom. The Kier molecular flexibility index (Phi) is 4.51. The SMILES string of the molecule is Cc1ccccc1S(=O)C(C)C(N)c1ccccc1. The number of rotatable bonds is 4. The molecule has 0 spiro atoms. The fourth-order valence-corrected chi connectivity index (χ4v) is 3.48. The van der Waals surface area contributed by atoms with Gasteiger partial charge in [-0.05, 0) is 31.0 Å². The molecule has 2 rings (SSSR count). The average Bonchev–Trinajstić information content (AvgIpc) is 2.46. The zero-order valence-electron chi connectivity index (χ0n) is 11.2. The summed E-state index contributed by atoms with van der Waals surface area (Å²) in [4.78, 5) is 0.876. The molecule has 0 aliphatic heterocycles. The predicted molar refractivity (Wildman–Crippen MR) is 80.4 cm³/mol. The van der Waals surface area contributed by atoms with Crippen LogP contribution in [0.2, 0.25) is 0 Å². The molecule has 0 saturated heterocycles. The van der Waals surface area contributed by atoms with Crippen molar-refractivity contribution in [3.05, 3.63) is 65.7 Å². The quantitative estimate of drug-likeness (QED) is 0.929. The van der Waals surface area contributed by atoms with Crippen molar-refractivity contribution in [1.82, 2.24) is 0 Å². The molecular weight excluding hydrogens is 254 g/mol. The van der Waals surface area contributed by atoms with Crippen LogP contribution in [0.15, 0.2) is 59.5 Å². The minimum Gasteiger partial charge on any atom is -0.323 e. The molecule has 2 nitrogen and oxygen atoms in total. The third kappa shape index (κ3) is 3.11. The molecule has 0 aliphatic carbocycles. The van der Waals surface area contributed by atoms with Crippen molar-refractivity contribution in [2.45, 2.75) is 30.0 Å². The second-order valence-corrected chi connectivity index (χ2v) is 6.48. The Labute approximate surface area is 117 Å². The van der Waals surface area contributed by atoms with E-state index in [1.54, 1.807) is 0 Å². The van der Waals surface area contributed by atoms with Gasteiger partial charge in [-0.3, -0.25) is 4.21 Å². The highest BCUT2D eigenvalue weighted by Crippen LogP contribution is 2.23. The van der Waals surface area contributed by atoms with Crippen LogP contribution in [0.3, 0.4) is 0 Å². The van der Waals surface area contributed by atoms with Crippen LogP contribution in [0, 0.1) is 6.92 Å². The van der Waals surface area contributed by atoms with Crippen molar-refractivity contribution >= 4 is 10.8 Å². The van der Waals surface area contributed by atoms with E-state index in [9.17, 15) is 4.21 Å². The molecule has 0 fully saturated rings. The first-order chi connectivity index (χ1) is 9.11. The molecule has 3 heteroatoms. The van der Waals surface area contributed by atoms with E-state index in [1.165, 1.54) is 0 Å². The van der Waals surface area contributed by atoms with E-state index in [1.807, 2.05) is 68.4 Å². The first kappa shape index (κ1) is 14.0. The molecule has 3 unspecified atom stereocenters. The zero-order chi connectivity index (χ0) is 13.8. The first-order valence-electron chi connectivity index (χ1n) is 6.38. The van der Waals surface area contributed by atoms with Gasteiger partial charge in [0.1, 0.15) is 0 Å². The molecule has 0 aliphatic rings. The van der Waals surface area contributed by atoms with E-state index >= 15 is 0 Å². The Hall–Kier alpha value is -1.45. The van der Waals surface area contributed by atoms with Gasteiger partial charge in [0.05, 0.1) is 16.0 Å². The summed E-state index contributed by atoms with van der Waals surface area (Å²) in [7, 11) is -1.10. The number of hydrogen-bond donors (Lipinski definition) is 1. The lowest BCUT2D eigenvalue weighted by molar-refractivity contribution is 0.643. The number of aryl methyl sites for hydroxylation is 1. The van der Waals surface area contributed by atoms with Gasteiger partial charge in [0.25, 0.3) is 0 Å². The van der Waals surface area contributed by atoms with Gasteiger partial charge in [-0.2, -0.15) is 0 Å². The average molecular weight is 273 g/mol. The van der Waals surface area contributed by atoms with Crippen LogP contribution in [0.25, 0.3) is 0 Å². The summed E-state index contributed by atoms with van der Waals surface area (Å²) in [6.07, 6.45) is 0. The molecule has 0 aromatic heterocycles. The number of hydrogen-bond acceptors (Lipinski definition) is 2. The van der Waals surface area contributed by atoms with Crippen molar-refractivity contribution in [2.24, 2.45) is 5.73 Å². The Morgan fingerprint density at radius 1 is 1.00 bits per heavy atom. The molecule has 2 aromatic rings. The molecule has 0 heterocycles. The zero-order valence-corrected chi connectivity index (χ0v) is 12.1. The van der Waals surface area contributed by atoms with E-state index in [0.29, 0.717) is 0 Å². The summed E-state index contributed by atoms with van der Waals surface area (Å²) in [6.45, 7) is 3.92. The maximum Gasteiger partial charge on any atom is 0.0579 e. The predicted octanol–water partition coefficient (Wildman–Crippen LogP) is 3.19. The molecule has 0 saturated carbocycles. The second-order valence-electron chi connectivity index (χ2n) is 4.70. The lowest BCUT2D eigenvalue weighted by atomic mass is 10.1. The van der Waals surface area contributed by atoms with Gasteiger partial charge in [-0.1, -0.05) is 48.5 Å². The normalized spacial score (nSPS) is 15.7. The Bertz CT molecular complexity index is 568. The number of benzene rings is 2. The van der Waals surface area contributed by atoms with E-state index < -0.39 is 10.8 Å². The van der Waals surface area contributed by atoms with Gasteiger partial charge < -0.3 is 5.73 Å². The maximum absolute atomic E-state index is 12.6. The molecule has 100 valence electrons. The van der Waals surface area contributed by atoms with E-state index in [-0.39, 0.29) is 11.3 Å². The van der Waals surface area contributed by atoms with Crippen LogP contribution in [0.1, 0.15) is 24.1 Å². The topological polar surface area (TPSA) is 43.1 Å². The fraction of sp³-hybridized carbons (Fsp3) is 0.250. The minimum atomic E-state index is -1.10. The molecular formula is C16H19NOS. The second kappa shape index (κ2) is 6.13. The number of nitrogens with two attached hydrogens (primary N) is 1. The van der Waals surface area contributed by atoms with Crippen molar-refractivity contribution in [2.75, 3.05) is 0 Å². The highest BCUT2D eigenvalue weighted by atomic mass is 32.2. The Balaban J connectivity index is 2.23. The fourth-order valence-electron chi connectivity index (χ4n) is 2.06. The molecule has 3 atom stereocenters. The molecule has 2 aromatic carbocycles. The van der Waals surface area contributed by atoms with Crippen molar-refractivity contribution < 1.29 is 4.21 Å². The van der Waals surface area contributed by atoms with Crippen LogP contribution >= 0.6 is 0 Å². The molecule has 2 N–H and O–H groups in total. The van der Waals surface area contributed by atoms with Crippen molar-refractivity contribution in [3.8, 4) is 0 Å². The molecule has 0 amide bonds. The third-order valence-electron chi connectivity index (χ3n) is 3.34. The summed E-state index contributed by atoms with van der Waals surface area (Å²) in [6, 6.07) is 17.4. The first-order valence-corrected chi connectivity index (χ1v) is 7.59. The highest BCUT2D eigenvalue weighted by molar-refractivity contribution is 7.85. The standard InChI is InChI=1S/C16H19NOS/c1-12-8-6-7-11-15(12)19(18)13(2)16(17)14-9-4-3-5-10-14/h3-11,13,16H,17H2,1-2H3. The van der Waals surface area contributed by atoms with E-state index in [0.717, 1.165) is 16.0 Å². The van der Waals surface area contributed by atoms with Crippen LogP contribution in [-0.4, -0.2) is 9.46 Å². The minimum absolute atomic E-state index is 0.122. The van der Waals surface area contributed by atoms with Crippen molar-refractivity contribution in [1.29, 1.82) is 0 Å². The molecule has 0 bridgehead atoms. The van der Waals surface area contributed by atoms with Crippen LogP contribution in [0.4, 0.5) is 0 Å². The van der Waals surface area contributed by atoms with Crippen LogP contribution < -0.4 is 5.73 Å². The van der Waals surface area contributed by atoms with Crippen molar-refractivity contribution in [3.63, 3.8) is 0 Å². The summed E-state index contributed by atoms with van der Waals surface area (Å²) in [5.41, 5.74) is 8.31. The van der Waals surface area contributed by atoms with Crippen LogP contribution in [0.5, 0.6) is 0 Å². The Morgan fingerprint density at radius 2 is 1.58 bits per heavy atom. The lowest BCUT2D eigenvalue weighted by Crippen LogP contribution is -2.28. The maximum atomic E-state index is 12.6. The van der Waals surface area contributed by atoms with Gasteiger partial charge in [-0.25, -0.2) is 0 Å². The van der Waals surface area contributed by atoms with Gasteiger partial charge in [0, 0.05) is 10.9 Å². The van der Waals surface area contributed by atoms with E-state index in [4.69, 9.17) is 5.73 Å². The molecule has 19 heavy (non-hydrogen) atoms. The summed E-state index contributed by atoms with van der Waals surface area (Å²) >= 11 is 0. The van der Waals surface area contributed by atoms with Gasteiger partial charge in [-0.15, -0.1) is 0 Å². The monoisotopic (exact) mass is 273 g/mol. The largest absolute Gasteiger partial charge is 0.323 e. The third-order valence-corrected chi connectivity index (χ3v) is 5.20. The smallest absolute Gasteiger partial charge is 0.0579 e. The van der Waals surface area contributed by atoms with Crippen LogP contribution in [-0.2, 0) is 10.8 Å². The summed E-state index contributed by atoms with van der Waals surface area (Å²) in [5, 5.41) is -0.122. The van der Waals surface area contributed by atoms with Gasteiger partial charge >= 0.3 is 0 Å². The van der Waals surface area contributed by atoms with Gasteiger partial charge in [0.2, 0.25) is 0 Å².